The first-order valence-corrected chi connectivity index (χ1v) is 13.1. The maximum Gasteiger partial charge on any atom is 0.343 e. The second-order valence-corrected chi connectivity index (χ2v) is 11.9. The van der Waals surface area contributed by atoms with Gasteiger partial charge in [-0.2, -0.15) is 0 Å². The molecule has 2 aliphatic carbocycles. The molecule has 2 aromatic rings. The molecule has 5 atom stereocenters. The van der Waals surface area contributed by atoms with Gasteiger partial charge in [-0.25, -0.2) is 4.79 Å². The molecule has 39 heavy (non-hydrogen) atoms. The van der Waals surface area contributed by atoms with E-state index in [9.17, 15) is 19.8 Å². The molecule has 2 saturated carbocycles. The number of aliphatic hydroxyl groups is 2. The lowest BCUT2D eigenvalue weighted by atomic mass is 9.37. The fourth-order valence-corrected chi connectivity index (χ4v) is 7.73. The summed E-state index contributed by atoms with van der Waals surface area (Å²) in [6.45, 7) is 5.34. The molecule has 2 N–H and O–H groups in total. The normalized spacial score (nSPS) is 35.8. The van der Waals surface area contributed by atoms with E-state index in [2.05, 4.69) is 0 Å². The average Bonchev–Trinajstić information content (AvgIpc) is 2.90. The number of ketones is 1. The molecule has 0 radical (unpaired) electrons. The minimum Gasteiger partial charge on any atom is -0.493 e. The molecule has 10 nitrogen and oxygen atoms in total. The Balaban J connectivity index is 1.50. The van der Waals surface area contributed by atoms with Gasteiger partial charge in [0.15, 0.2) is 11.5 Å². The van der Waals surface area contributed by atoms with Crippen LogP contribution in [-0.4, -0.2) is 66.8 Å². The molecule has 2 saturated heterocycles. The van der Waals surface area contributed by atoms with Crippen molar-refractivity contribution < 1.29 is 43.1 Å². The number of carbonyl (C=O) groups is 1. The summed E-state index contributed by atoms with van der Waals surface area (Å²) in [4.78, 5) is 27.2. The minimum absolute atomic E-state index is 0.0786. The zero-order valence-corrected chi connectivity index (χ0v) is 23.0. The number of ether oxygens (including phenoxy) is 5. The van der Waals surface area contributed by atoms with E-state index in [1.807, 2.05) is 13.8 Å². The molecule has 10 heteroatoms. The SMILES string of the molecule is COc1cc(-c2cc3c(c(=O)o2)CC2(O)C(C)(CCC4(O)C(C)(C)C5CC(=O)C24CO5)O3)cc(OC)c1OC. The Morgan fingerprint density at radius 3 is 2.18 bits per heavy atom. The lowest BCUT2D eigenvalue weighted by Crippen LogP contribution is -2.88. The van der Waals surface area contributed by atoms with Crippen molar-refractivity contribution in [2.24, 2.45) is 10.8 Å². The monoisotopic (exact) mass is 542 g/mol. The highest BCUT2D eigenvalue weighted by Crippen LogP contribution is 2.69. The van der Waals surface area contributed by atoms with Gasteiger partial charge in [-0.3, -0.25) is 4.79 Å². The minimum atomic E-state index is -1.91. The smallest absolute Gasteiger partial charge is 0.343 e. The topological polar surface area (TPSA) is 134 Å². The molecule has 7 rings (SSSR count). The predicted octanol–water partition coefficient (Wildman–Crippen LogP) is 2.67. The summed E-state index contributed by atoms with van der Waals surface area (Å²) in [5.74, 6) is 1.35. The van der Waals surface area contributed by atoms with Crippen LogP contribution in [0.3, 0.4) is 0 Å². The molecule has 1 spiro atoms. The van der Waals surface area contributed by atoms with E-state index in [0.29, 0.717) is 22.8 Å². The second-order valence-electron chi connectivity index (χ2n) is 11.9. The fraction of sp³-hybridized carbons (Fsp3) is 0.586. The van der Waals surface area contributed by atoms with Gasteiger partial charge in [0.25, 0.3) is 0 Å². The van der Waals surface area contributed by atoms with Crippen LogP contribution in [0.5, 0.6) is 23.0 Å². The van der Waals surface area contributed by atoms with E-state index in [0.717, 1.165) is 0 Å². The molecule has 1 aromatic carbocycles. The standard InChI is InChI=1S/C29H34O10/c1-25(2)22-12-21(30)27(14-37-22)28(25,32)8-7-26(3)29(27,33)13-16-18(39-26)11-17(38-24(16)31)15-9-19(34-4)23(36-6)20(10-15)35-5/h9-11,22,32-33H,7-8,12-14H2,1-6H3. The summed E-state index contributed by atoms with van der Waals surface area (Å²) < 4.78 is 34.5. The molecule has 2 bridgehead atoms. The van der Waals surface area contributed by atoms with E-state index in [1.54, 1.807) is 25.1 Å². The van der Waals surface area contributed by atoms with Gasteiger partial charge in [-0.05, 0) is 31.9 Å². The van der Waals surface area contributed by atoms with E-state index < -0.39 is 39.4 Å². The van der Waals surface area contributed by atoms with Gasteiger partial charge in [0.2, 0.25) is 5.75 Å². The molecule has 4 fully saturated rings. The van der Waals surface area contributed by atoms with Crippen LogP contribution in [0.15, 0.2) is 27.4 Å². The molecule has 4 heterocycles. The van der Waals surface area contributed by atoms with Crippen molar-refractivity contribution in [1.82, 2.24) is 0 Å². The summed E-state index contributed by atoms with van der Waals surface area (Å²) in [5, 5.41) is 24.7. The fourth-order valence-electron chi connectivity index (χ4n) is 7.73. The van der Waals surface area contributed by atoms with Crippen molar-refractivity contribution in [1.29, 1.82) is 0 Å². The van der Waals surface area contributed by atoms with Crippen molar-refractivity contribution >= 4 is 5.78 Å². The molecule has 5 aliphatic rings. The first-order valence-electron chi connectivity index (χ1n) is 13.1. The Morgan fingerprint density at radius 2 is 1.59 bits per heavy atom. The van der Waals surface area contributed by atoms with Crippen molar-refractivity contribution in [2.45, 2.75) is 69.4 Å². The van der Waals surface area contributed by atoms with Crippen LogP contribution in [0.1, 0.15) is 45.6 Å². The van der Waals surface area contributed by atoms with E-state index in [-0.39, 0.29) is 55.1 Å². The third-order valence-corrected chi connectivity index (χ3v) is 10.2. The maximum absolute atomic E-state index is 13.7. The highest BCUT2D eigenvalue weighted by molar-refractivity contribution is 5.91. The predicted molar refractivity (Wildman–Crippen MR) is 138 cm³/mol. The molecule has 3 aliphatic heterocycles. The lowest BCUT2D eigenvalue weighted by molar-refractivity contribution is -0.369. The third-order valence-electron chi connectivity index (χ3n) is 10.2. The zero-order chi connectivity index (χ0) is 28.2. The third kappa shape index (κ3) is 2.92. The number of hydrogen-bond acceptors (Lipinski definition) is 10. The highest BCUT2D eigenvalue weighted by atomic mass is 16.5. The molecule has 5 unspecified atom stereocenters. The number of Topliss-reactive ketones (excluding diaryl/α,β-unsaturated/α-hetero) is 1. The van der Waals surface area contributed by atoms with Gasteiger partial charge in [0.05, 0.1) is 45.2 Å². The molecule has 0 amide bonds. The largest absolute Gasteiger partial charge is 0.493 e. The lowest BCUT2D eigenvalue weighted by Gasteiger charge is -2.73. The summed E-state index contributed by atoms with van der Waals surface area (Å²) in [7, 11) is 4.47. The van der Waals surface area contributed by atoms with Crippen LogP contribution in [0.25, 0.3) is 11.3 Å². The molecular formula is C29H34O10. The zero-order valence-electron chi connectivity index (χ0n) is 23.0. The molecule has 1 aromatic heterocycles. The van der Waals surface area contributed by atoms with Gasteiger partial charge < -0.3 is 38.3 Å². The van der Waals surface area contributed by atoms with Crippen LogP contribution in [0.4, 0.5) is 0 Å². The van der Waals surface area contributed by atoms with Gasteiger partial charge in [0, 0.05) is 29.9 Å². The van der Waals surface area contributed by atoms with Crippen LogP contribution >= 0.6 is 0 Å². The van der Waals surface area contributed by atoms with Crippen LogP contribution in [-0.2, 0) is 16.0 Å². The van der Waals surface area contributed by atoms with Crippen molar-refractivity contribution in [2.75, 3.05) is 27.9 Å². The summed E-state index contributed by atoms with van der Waals surface area (Å²) >= 11 is 0. The summed E-state index contributed by atoms with van der Waals surface area (Å²) in [6.07, 6.45) is -0.0946. The Bertz CT molecular complexity index is 1420. The van der Waals surface area contributed by atoms with E-state index >= 15 is 0 Å². The van der Waals surface area contributed by atoms with Crippen LogP contribution in [0, 0.1) is 10.8 Å². The van der Waals surface area contributed by atoms with Gasteiger partial charge in [0.1, 0.15) is 33.9 Å². The van der Waals surface area contributed by atoms with Gasteiger partial charge >= 0.3 is 5.63 Å². The van der Waals surface area contributed by atoms with Gasteiger partial charge in [-0.15, -0.1) is 0 Å². The first-order chi connectivity index (χ1) is 18.3. The number of benzene rings is 1. The van der Waals surface area contributed by atoms with Crippen molar-refractivity contribution in [3.63, 3.8) is 0 Å². The second kappa shape index (κ2) is 7.99. The summed E-state index contributed by atoms with van der Waals surface area (Å²) in [5.41, 5.74) is -7.32. The molecular weight excluding hydrogens is 508 g/mol. The average molecular weight is 543 g/mol. The van der Waals surface area contributed by atoms with Crippen LogP contribution in [0.2, 0.25) is 0 Å². The Labute approximate surface area is 225 Å². The first kappa shape index (κ1) is 26.2. The summed E-state index contributed by atoms with van der Waals surface area (Å²) in [6, 6.07) is 4.91. The van der Waals surface area contributed by atoms with Crippen molar-refractivity contribution in [3.8, 4) is 34.3 Å². The van der Waals surface area contributed by atoms with Crippen molar-refractivity contribution in [3.05, 3.63) is 34.2 Å². The quantitative estimate of drug-likeness (QED) is 0.594. The highest BCUT2D eigenvalue weighted by Gasteiger charge is 2.83. The Morgan fingerprint density at radius 1 is 0.923 bits per heavy atom. The molecule has 210 valence electrons. The maximum atomic E-state index is 13.7. The number of carbonyl (C=O) groups excluding carboxylic acids is 1. The van der Waals surface area contributed by atoms with E-state index in [1.165, 1.54) is 21.3 Å². The van der Waals surface area contributed by atoms with E-state index in [4.69, 9.17) is 28.1 Å². The Kier molecular flexibility index (Phi) is 5.36. The Hall–Kier alpha value is -3.08. The number of hydrogen-bond donors (Lipinski definition) is 2. The van der Waals surface area contributed by atoms with Crippen LogP contribution < -0.4 is 24.6 Å². The number of fused-ring (bicyclic) bond motifs is 4. The number of methoxy groups -OCH3 is 3. The van der Waals surface area contributed by atoms with Gasteiger partial charge in [-0.1, -0.05) is 13.8 Å². The number of rotatable bonds is 4.